The Balaban J connectivity index is 3.30. The second-order valence-electron chi connectivity index (χ2n) is 3.18. The highest BCUT2D eigenvalue weighted by Crippen LogP contribution is 2.20. The summed E-state index contributed by atoms with van der Waals surface area (Å²) in [6.07, 6.45) is 5.03. The Bertz CT molecular complexity index is 471. The van der Waals surface area contributed by atoms with Crippen molar-refractivity contribution in [2.75, 3.05) is 0 Å². The van der Waals surface area contributed by atoms with Gasteiger partial charge in [0.15, 0.2) is 0 Å². The molecule has 0 bridgehead atoms. The SMILES string of the molecule is C=CC(C=C)=C(C#N)c1ccc(C=C)cc1. The smallest absolute Gasteiger partial charge is 0.100 e. The van der Waals surface area contributed by atoms with E-state index in [4.69, 9.17) is 5.26 Å². The van der Waals surface area contributed by atoms with Crippen LogP contribution in [0.1, 0.15) is 11.1 Å². The lowest BCUT2D eigenvalue weighted by Gasteiger charge is -2.02. The van der Waals surface area contributed by atoms with Gasteiger partial charge in [-0.25, -0.2) is 0 Å². The van der Waals surface area contributed by atoms with Gasteiger partial charge in [0.1, 0.15) is 6.07 Å². The summed E-state index contributed by atoms with van der Waals surface area (Å²) in [5.41, 5.74) is 3.22. The summed E-state index contributed by atoms with van der Waals surface area (Å²) in [6.45, 7) is 11.0. The Labute approximate surface area is 96.4 Å². The normalized spacial score (nSPS) is 8.69. The summed E-state index contributed by atoms with van der Waals surface area (Å²) in [6, 6.07) is 9.79. The summed E-state index contributed by atoms with van der Waals surface area (Å²) < 4.78 is 0. The van der Waals surface area contributed by atoms with Gasteiger partial charge in [-0.1, -0.05) is 62.2 Å². The van der Waals surface area contributed by atoms with Crippen molar-refractivity contribution < 1.29 is 0 Å². The Kier molecular flexibility index (Phi) is 4.06. The van der Waals surface area contributed by atoms with Crippen LogP contribution < -0.4 is 0 Å². The number of nitriles is 1. The molecular weight excluding hydrogens is 194 g/mol. The molecule has 1 aromatic rings. The number of allylic oxidation sites excluding steroid dienone is 4. The van der Waals surface area contributed by atoms with Crippen LogP contribution in [-0.4, -0.2) is 0 Å². The Morgan fingerprint density at radius 3 is 2.00 bits per heavy atom. The van der Waals surface area contributed by atoms with E-state index >= 15 is 0 Å². The molecule has 1 rings (SSSR count). The van der Waals surface area contributed by atoms with E-state index in [-0.39, 0.29) is 0 Å². The highest BCUT2D eigenvalue weighted by molar-refractivity contribution is 5.82. The highest BCUT2D eigenvalue weighted by Gasteiger charge is 2.03. The van der Waals surface area contributed by atoms with Crippen LogP contribution >= 0.6 is 0 Å². The second kappa shape index (κ2) is 5.53. The van der Waals surface area contributed by atoms with Crippen molar-refractivity contribution in [1.82, 2.24) is 0 Å². The van der Waals surface area contributed by atoms with E-state index in [1.165, 1.54) is 0 Å². The minimum atomic E-state index is 0.584. The number of benzene rings is 1. The molecule has 0 atom stereocenters. The summed E-state index contributed by atoms with van der Waals surface area (Å²) in [4.78, 5) is 0. The largest absolute Gasteiger partial charge is 0.192 e. The molecule has 1 aromatic carbocycles. The molecule has 1 heteroatoms. The number of rotatable bonds is 4. The first-order chi connectivity index (χ1) is 7.76. The van der Waals surface area contributed by atoms with Gasteiger partial charge in [-0.15, -0.1) is 0 Å². The summed E-state index contributed by atoms with van der Waals surface area (Å²) in [7, 11) is 0. The molecule has 0 aliphatic carbocycles. The van der Waals surface area contributed by atoms with E-state index in [9.17, 15) is 0 Å². The van der Waals surface area contributed by atoms with Crippen LogP contribution in [0.5, 0.6) is 0 Å². The zero-order valence-corrected chi connectivity index (χ0v) is 9.11. The van der Waals surface area contributed by atoms with Crippen LogP contribution in [0, 0.1) is 11.3 Å². The summed E-state index contributed by atoms with van der Waals surface area (Å²) >= 11 is 0. The van der Waals surface area contributed by atoms with Gasteiger partial charge in [-0.3, -0.25) is 0 Å². The summed E-state index contributed by atoms with van der Waals surface area (Å²) in [5, 5.41) is 9.12. The average molecular weight is 207 g/mol. The fourth-order valence-electron chi connectivity index (χ4n) is 1.37. The predicted octanol–water partition coefficient (Wildman–Crippen LogP) is 3.98. The van der Waals surface area contributed by atoms with Crippen molar-refractivity contribution in [2.45, 2.75) is 0 Å². The van der Waals surface area contributed by atoms with E-state index in [1.54, 1.807) is 18.2 Å². The third-order valence-corrected chi connectivity index (χ3v) is 2.28. The second-order valence-corrected chi connectivity index (χ2v) is 3.18. The van der Waals surface area contributed by atoms with Crippen molar-refractivity contribution in [3.63, 3.8) is 0 Å². The molecule has 0 radical (unpaired) electrons. The topological polar surface area (TPSA) is 23.8 Å². The molecule has 0 saturated heterocycles. The lowest BCUT2D eigenvalue weighted by Crippen LogP contribution is -1.86. The number of hydrogen-bond acceptors (Lipinski definition) is 1. The van der Waals surface area contributed by atoms with Gasteiger partial charge in [0.25, 0.3) is 0 Å². The number of hydrogen-bond donors (Lipinski definition) is 0. The van der Waals surface area contributed by atoms with Gasteiger partial charge in [0.05, 0.1) is 5.57 Å². The molecule has 0 N–H and O–H groups in total. The van der Waals surface area contributed by atoms with Crippen molar-refractivity contribution in [3.05, 3.63) is 72.9 Å². The maximum absolute atomic E-state index is 9.12. The van der Waals surface area contributed by atoms with E-state index < -0.39 is 0 Å². The molecule has 0 amide bonds. The van der Waals surface area contributed by atoms with Crippen molar-refractivity contribution in [3.8, 4) is 6.07 Å². The molecule has 0 saturated carbocycles. The van der Waals surface area contributed by atoms with Crippen LogP contribution in [0.15, 0.2) is 61.7 Å². The highest BCUT2D eigenvalue weighted by atomic mass is 14.3. The standard InChI is InChI=1S/C15H13N/c1-4-12-7-9-14(10-8-12)15(11-16)13(5-2)6-3/h4-10H,1-3H2. The maximum atomic E-state index is 9.12. The minimum Gasteiger partial charge on any atom is -0.192 e. The van der Waals surface area contributed by atoms with Gasteiger partial charge < -0.3 is 0 Å². The first-order valence-corrected chi connectivity index (χ1v) is 4.89. The first kappa shape index (κ1) is 11.7. The molecule has 0 aromatic heterocycles. The minimum absolute atomic E-state index is 0.584. The molecule has 16 heavy (non-hydrogen) atoms. The maximum Gasteiger partial charge on any atom is 0.100 e. The van der Waals surface area contributed by atoms with E-state index in [0.29, 0.717) is 5.57 Å². The molecule has 0 spiro atoms. The van der Waals surface area contributed by atoms with Gasteiger partial charge in [0.2, 0.25) is 0 Å². The van der Waals surface area contributed by atoms with E-state index in [0.717, 1.165) is 16.7 Å². The van der Waals surface area contributed by atoms with Crippen molar-refractivity contribution in [2.24, 2.45) is 0 Å². The van der Waals surface area contributed by atoms with E-state index in [2.05, 4.69) is 25.8 Å². The molecule has 1 nitrogen and oxygen atoms in total. The van der Waals surface area contributed by atoms with Crippen LogP contribution in [0.2, 0.25) is 0 Å². The van der Waals surface area contributed by atoms with Gasteiger partial charge >= 0.3 is 0 Å². The number of nitrogens with zero attached hydrogens (tertiary/aromatic N) is 1. The quantitative estimate of drug-likeness (QED) is 0.541. The molecule has 78 valence electrons. The third kappa shape index (κ3) is 2.37. The third-order valence-electron chi connectivity index (χ3n) is 2.28. The van der Waals surface area contributed by atoms with E-state index in [1.807, 2.05) is 24.3 Å². The monoisotopic (exact) mass is 207 g/mol. The predicted molar refractivity (Wildman–Crippen MR) is 69.5 cm³/mol. The van der Waals surface area contributed by atoms with Gasteiger partial charge in [-0.2, -0.15) is 5.26 Å². The zero-order chi connectivity index (χ0) is 12.0. The molecule has 0 fully saturated rings. The fraction of sp³-hybridized carbons (Fsp3) is 0. The molecule has 0 aliphatic rings. The molecule has 0 aliphatic heterocycles. The van der Waals surface area contributed by atoms with Crippen LogP contribution in [0.25, 0.3) is 11.6 Å². The lowest BCUT2D eigenvalue weighted by molar-refractivity contribution is 1.50. The lowest BCUT2D eigenvalue weighted by atomic mass is 10.00. The van der Waals surface area contributed by atoms with Crippen molar-refractivity contribution >= 4 is 11.6 Å². The van der Waals surface area contributed by atoms with Crippen LogP contribution in [-0.2, 0) is 0 Å². The fourth-order valence-corrected chi connectivity index (χ4v) is 1.37. The van der Waals surface area contributed by atoms with Gasteiger partial charge in [0, 0.05) is 0 Å². The molecule has 0 heterocycles. The Morgan fingerprint density at radius 2 is 1.62 bits per heavy atom. The first-order valence-electron chi connectivity index (χ1n) is 4.89. The van der Waals surface area contributed by atoms with Crippen LogP contribution in [0.4, 0.5) is 0 Å². The van der Waals surface area contributed by atoms with Gasteiger partial charge in [-0.05, 0) is 16.7 Å². The Morgan fingerprint density at radius 1 is 1.06 bits per heavy atom. The molecular formula is C15H13N. The zero-order valence-electron chi connectivity index (χ0n) is 9.11. The van der Waals surface area contributed by atoms with Crippen molar-refractivity contribution in [1.29, 1.82) is 5.26 Å². The summed E-state index contributed by atoms with van der Waals surface area (Å²) in [5.74, 6) is 0. The van der Waals surface area contributed by atoms with Crippen LogP contribution in [0.3, 0.4) is 0 Å². The average Bonchev–Trinajstić information content (AvgIpc) is 2.36. The molecule has 0 unspecified atom stereocenters. The Hall–Kier alpha value is -2.33.